The van der Waals surface area contributed by atoms with Crippen LogP contribution in [0.1, 0.15) is 19.0 Å². The molecule has 1 aromatic heterocycles. The van der Waals surface area contributed by atoms with Crippen LogP contribution in [0.25, 0.3) is 0 Å². The molecule has 0 amide bonds. The number of rotatable bonds is 4. The molecule has 100 valence electrons. The summed E-state index contributed by atoms with van der Waals surface area (Å²) in [6.45, 7) is 5.47. The molecular weight excluding hydrogens is 252 g/mol. The minimum Gasteiger partial charge on any atom is -0.376 e. The van der Waals surface area contributed by atoms with Crippen molar-refractivity contribution in [2.24, 2.45) is 5.84 Å². The lowest BCUT2D eigenvalue weighted by Crippen LogP contribution is -2.41. The highest BCUT2D eigenvalue weighted by molar-refractivity contribution is 6.31. The van der Waals surface area contributed by atoms with E-state index in [-0.39, 0.29) is 0 Å². The summed E-state index contributed by atoms with van der Waals surface area (Å²) < 4.78 is 5.64. The number of nitrogens with two attached hydrogens (primary N) is 1. The van der Waals surface area contributed by atoms with Crippen LogP contribution < -0.4 is 11.3 Å². The molecule has 1 saturated heterocycles. The zero-order valence-electron chi connectivity index (χ0n) is 10.5. The van der Waals surface area contributed by atoms with Gasteiger partial charge in [0.25, 0.3) is 0 Å². The molecule has 0 aliphatic carbocycles. The summed E-state index contributed by atoms with van der Waals surface area (Å²) in [5.41, 5.74) is 3.39. The van der Waals surface area contributed by atoms with Crippen molar-refractivity contribution in [1.82, 2.24) is 9.88 Å². The second-order valence-corrected chi connectivity index (χ2v) is 4.81. The summed E-state index contributed by atoms with van der Waals surface area (Å²) in [6.07, 6.45) is 1.34. The van der Waals surface area contributed by atoms with Crippen molar-refractivity contribution in [1.29, 1.82) is 0 Å². The molecule has 18 heavy (non-hydrogen) atoms. The van der Waals surface area contributed by atoms with E-state index in [9.17, 15) is 0 Å². The standard InChI is InChI=1S/C12H19ClN4O/c1-2-9-7-17(5-6-18-9)8-11-10(13)3-4-12(15-11)16-14/h3-4,9H,2,5-8,14H2,1H3,(H,15,16). The van der Waals surface area contributed by atoms with Crippen LogP contribution in [0.4, 0.5) is 5.82 Å². The van der Waals surface area contributed by atoms with E-state index in [2.05, 4.69) is 22.2 Å². The highest BCUT2D eigenvalue weighted by Gasteiger charge is 2.20. The van der Waals surface area contributed by atoms with E-state index in [0.717, 1.165) is 38.4 Å². The number of anilines is 1. The second kappa shape index (κ2) is 6.33. The van der Waals surface area contributed by atoms with Crippen molar-refractivity contribution in [3.63, 3.8) is 0 Å². The van der Waals surface area contributed by atoms with E-state index in [1.54, 1.807) is 6.07 Å². The van der Waals surface area contributed by atoms with Gasteiger partial charge < -0.3 is 10.2 Å². The van der Waals surface area contributed by atoms with Crippen LogP contribution in [0.15, 0.2) is 12.1 Å². The molecule has 0 aromatic carbocycles. The van der Waals surface area contributed by atoms with Gasteiger partial charge in [0.05, 0.1) is 23.4 Å². The Morgan fingerprint density at radius 1 is 1.61 bits per heavy atom. The van der Waals surface area contributed by atoms with Crippen LogP contribution in [0, 0.1) is 0 Å². The van der Waals surface area contributed by atoms with Crippen LogP contribution >= 0.6 is 11.6 Å². The molecule has 5 nitrogen and oxygen atoms in total. The Labute approximate surface area is 112 Å². The summed E-state index contributed by atoms with van der Waals surface area (Å²) in [5, 5.41) is 0.675. The third kappa shape index (κ3) is 3.32. The summed E-state index contributed by atoms with van der Waals surface area (Å²) in [4.78, 5) is 6.70. The van der Waals surface area contributed by atoms with Gasteiger partial charge >= 0.3 is 0 Å². The van der Waals surface area contributed by atoms with E-state index < -0.39 is 0 Å². The quantitative estimate of drug-likeness (QED) is 0.643. The molecule has 0 bridgehead atoms. The Morgan fingerprint density at radius 3 is 3.17 bits per heavy atom. The first-order chi connectivity index (χ1) is 8.72. The van der Waals surface area contributed by atoms with Gasteiger partial charge in [-0.25, -0.2) is 10.8 Å². The molecule has 0 spiro atoms. The molecule has 2 heterocycles. The summed E-state index contributed by atoms with van der Waals surface area (Å²) in [7, 11) is 0. The fourth-order valence-electron chi connectivity index (χ4n) is 2.06. The van der Waals surface area contributed by atoms with Gasteiger partial charge in [-0.2, -0.15) is 0 Å². The van der Waals surface area contributed by atoms with Crippen LogP contribution in [-0.4, -0.2) is 35.7 Å². The number of nitrogens with zero attached hydrogens (tertiary/aromatic N) is 2. The Balaban J connectivity index is 2.04. The lowest BCUT2D eigenvalue weighted by Gasteiger charge is -2.32. The van der Waals surface area contributed by atoms with Crippen LogP contribution in [0.5, 0.6) is 0 Å². The Hall–Kier alpha value is -0.880. The molecule has 1 aliphatic heterocycles. The van der Waals surface area contributed by atoms with Gasteiger partial charge in [-0.1, -0.05) is 18.5 Å². The second-order valence-electron chi connectivity index (χ2n) is 4.41. The van der Waals surface area contributed by atoms with Crippen LogP contribution in [0.3, 0.4) is 0 Å². The summed E-state index contributed by atoms with van der Waals surface area (Å²) in [5.74, 6) is 5.99. The maximum atomic E-state index is 6.15. The van der Waals surface area contributed by atoms with Gasteiger partial charge in [-0.15, -0.1) is 0 Å². The minimum atomic E-state index is 0.313. The Morgan fingerprint density at radius 2 is 2.44 bits per heavy atom. The number of hydrazine groups is 1. The van der Waals surface area contributed by atoms with Crippen molar-refractivity contribution >= 4 is 17.4 Å². The number of hydrogen-bond donors (Lipinski definition) is 2. The van der Waals surface area contributed by atoms with Gasteiger partial charge in [0.2, 0.25) is 0 Å². The summed E-state index contributed by atoms with van der Waals surface area (Å²) in [6, 6.07) is 3.58. The van der Waals surface area contributed by atoms with E-state index in [4.69, 9.17) is 22.2 Å². The highest BCUT2D eigenvalue weighted by Crippen LogP contribution is 2.19. The molecule has 3 N–H and O–H groups in total. The van der Waals surface area contributed by atoms with Gasteiger partial charge in [0.1, 0.15) is 5.82 Å². The van der Waals surface area contributed by atoms with Crippen molar-refractivity contribution < 1.29 is 4.74 Å². The van der Waals surface area contributed by atoms with Crippen molar-refractivity contribution in [3.05, 3.63) is 22.8 Å². The predicted octanol–water partition coefficient (Wildman–Crippen LogP) is 1.63. The average Bonchev–Trinajstić information content (AvgIpc) is 2.41. The van der Waals surface area contributed by atoms with Crippen LogP contribution in [-0.2, 0) is 11.3 Å². The topological polar surface area (TPSA) is 63.4 Å². The third-order valence-electron chi connectivity index (χ3n) is 3.12. The minimum absolute atomic E-state index is 0.313. The van der Waals surface area contributed by atoms with E-state index in [0.29, 0.717) is 16.9 Å². The lowest BCUT2D eigenvalue weighted by molar-refractivity contribution is -0.0328. The molecule has 0 radical (unpaired) electrons. The molecule has 2 rings (SSSR count). The van der Waals surface area contributed by atoms with Crippen molar-refractivity contribution in [3.8, 4) is 0 Å². The van der Waals surface area contributed by atoms with Gasteiger partial charge in [-0.3, -0.25) is 4.90 Å². The van der Waals surface area contributed by atoms with E-state index in [1.807, 2.05) is 6.07 Å². The molecule has 1 aliphatic rings. The highest BCUT2D eigenvalue weighted by atomic mass is 35.5. The first-order valence-corrected chi connectivity index (χ1v) is 6.56. The average molecular weight is 271 g/mol. The third-order valence-corrected chi connectivity index (χ3v) is 3.46. The molecule has 1 atom stereocenters. The normalized spacial score (nSPS) is 20.9. The van der Waals surface area contributed by atoms with Gasteiger partial charge in [-0.05, 0) is 18.6 Å². The molecule has 6 heteroatoms. The first kappa shape index (κ1) is 13.5. The number of halogens is 1. The van der Waals surface area contributed by atoms with E-state index >= 15 is 0 Å². The van der Waals surface area contributed by atoms with Crippen molar-refractivity contribution in [2.75, 3.05) is 25.1 Å². The molecule has 0 saturated carbocycles. The molecule has 1 fully saturated rings. The smallest absolute Gasteiger partial charge is 0.140 e. The monoisotopic (exact) mass is 270 g/mol. The lowest BCUT2D eigenvalue weighted by atomic mass is 10.2. The number of pyridine rings is 1. The maximum absolute atomic E-state index is 6.15. The zero-order chi connectivity index (χ0) is 13.0. The number of aromatic nitrogens is 1. The number of nitrogens with one attached hydrogen (secondary N) is 1. The number of morpholine rings is 1. The SMILES string of the molecule is CCC1CN(Cc2nc(NN)ccc2Cl)CCO1. The van der Waals surface area contributed by atoms with Gasteiger partial charge in [0.15, 0.2) is 0 Å². The number of ether oxygens (including phenoxy) is 1. The maximum Gasteiger partial charge on any atom is 0.140 e. The number of nitrogen functional groups attached to an aromatic ring is 1. The van der Waals surface area contributed by atoms with E-state index in [1.165, 1.54) is 0 Å². The Bertz CT molecular complexity index is 402. The Kier molecular flexibility index (Phi) is 4.77. The molecular formula is C12H19ClN4O. The predicted molar refractivity (Wildman–Crippen MR) is 72.4 cm³/mol. The molecule has 1 unspecified atom stereocenters. The summed E-state index contributed by atoms with van der Waals surface area (Å²) >= 11 is 6.15. The van der Waals surface area contributed by atoms with Crippen molar-refractivity contribution in [2.45, 2.75) is 26.0 Å². The first-order valence-electron chi connectivity index (χ1n) is 6.19. The number of hydrogen-bond acceptors (Lipinski definition) is 5. The fraction of sp³-hybridized carbons (Fsp3) is 0.583. The van der Waals surface area contributed by atoms with Gasteiger partial charge in [0, 0.05) is 19.6 Å². The van der Waals surface area contributed by atoms with Crippen LogP contribution in [0.2, 0.25) is 5.02 Å². The molecule has 1 aromatic rings. The largest absolute Gasteiger partial charge is 0.376 e. The zero-order valence-corrected chi connectivity index (χ0v) is 11.3. The fourth-order valence-corrected chi connectivity index (χ4v) is 2.22.